The van der Waals surface area contributed by atoms with Crippen LogP contribution < -0.4 is 5.73 Å². The maximum absolute atomic E-state index is 12.5. The summed E-state index contributed by atoms with van der Waals surface area (Å²) in [5.41, 5.74) is 5.88. The summed E-state index contributed by atoms with van der Waals surface area (Å²) < 4.78 is 0. The number of likely N-dealkylation sites (tertiary alicyclic amines) is 2. The summed E-state index contributed by atoms with van der Waals surface area (Å²) in [6.45, 7) is 5.94. The van der Waals surface area contributed by atoms with Gasteiger partial charge in [-0.15, -0.1) is 0 Å². The number of carbonyl (C=O) groups excluding carboxylic acids is 1. The summed E-state index contributed by atoms with van der Waals surface area (Å²) in [6.07, 6.45) is 5.56. The standard InChI is InChI=1S/C13H25N3O/c1-2-7-15-8-4-3-5-12(15)13(17)16-9-6-11(14)10-16/h11-12H,2-10,14H2,1H3/t11-,12-/m0/s1. The molecule has 0 saturated carbocycles. The van der Waals surface area contributed by atoms with Crippen molar-refractivity contribution < 1.29 is 4.79 Å². The van der Waals surface area contributed by atoms with Gasteiger partial charge in [0.2, 0.25) is 5.91 Å². The summed E-state index contributed by atoms with van der Waals surface area (Å²) in [4.78, 5) is 16.8. The Balaban J connectivity index is 1.95. The fourth-order valence-electron chi connectivity index (χ4n) is 3.02. The molecule has 2 N–H and O–H groups in total. The Morgan fingerprint density at radius 2 is 2.12 bits per heavy atom. The molecule has 0 aromatic rings. The van der Waals surface area contributed by atoms with Crippen molar-refractivity contribution in [2.24, 2.45) is 5.73 Å². The van der Waals surface area contributed by atoms with Crippen molar-refractivity contribution in [1.82, 2.24) is 9.80 Å². The fourth-order valence-corrected chi connectivity index (χ4v) is 3.02. The van der Waals surface area contributed by atoms with E-state index < -0.39 is 0 Å². The highest BCUT2D eigenvalue weighted by Gasteiger charge is 2.33. The molecular formula is C13H25N3O. The SMILES string of the molecule is CCCN1CCCC[C@H]1C(=O)N1CC[C@H](N)C1. The number of carbonyl (C=O) groups is 1. The van der Waals surface area contributed by atoms with Gasteiger partial charge in [0.15, 0.2) is 0 Å². The molecule has 0 bridgehead atoms. The molecular weight excluding hydrogens is 214 g/mol. The summed E-state index contributed by atoms with van der Waals surface area (Å²) >= 11 is 0. The van der Waals surface area contributed by atoms with Gasteiger partial charge >= 0.3 is 0 Å². The molecule has 4 heteroatoms. The van der Waals surface area contributed by atoms with Crippen molar-refractivity contribution in [3.05, 3.63) is 0 Å². The van der Waals surface area contributed by atoms with E-state index in [0.717, 1.165) is 45.4 Å². The Bertz CT molecular complexity index is 267. The van der Waals surface area contributed by atoms with E-state index in [0.29, 0.717) is 5.91 Å². The van der Waals surface area contributed by atoms with Crippen LogP contribution in [0.1, 0.15) is 39.0 Å². The molecule has 0 aliphatic carbocycles. The van der Waals surface area contributed by atoms with Gasteiger partial charge in [0.05, 0.1) is 6.04 Å². The van der Waals surface area contributed by atoms with Crippen LogP contribution >= 0.6 is 0 Å². The van der Waals surface area contributed by atoms with Gasteiger partial charge in [0.1, 0.15) is 0 Å². The zero-order valence-corrected chi connectivity index (χ0v) is 10.9. The molecule has 4 nitrogen and oxygen atoms in total. The maximum atomic E-state index is 12.5. The smallest absolute Gasteiger partial charge is 0.239 e. The number of rotatable bonds is 3. The van der Waals surface area contributed by atoms with Crippen molar-refractivity contribution in [3.63, 3.8) is 0 Å². The number of nitrogens with two attached hydrogens (primary N) is 1. The molecule has 2 rings (SSSR count). The lowest BCUT2D eigenvalue weighted by Crippen LogP contribution is -2.50. The summed E-state index contributed by atoms with van der Waals surface area (Å²) in [5.74, 6) is 0.325. The topological polar surface area (TPSA) is 49.6 Å². The van der Waals surface area contributed by atoms with Gasteiger partial charge < -0.3 is 10.6 Å². The van der Waals surface area contributed by atoms with E-state index in [1.165, 1.54) is 12.8 Å². The Morgan fingerprint density at radius 3 is 2.76 bits per heavy atom. The number of hydrogen-bond acceptors (Lipinski definition) is 3. The zero-order chi connectivity index (χ0) is 12.3. The quantitative estimate of drug-likeness (QED) is 0.793. The number of nitrogens with zero attached hydrogens (tertiary/aromatic N) is 2. The van der Waals surface area contributed by atoms with Gasteiger partial charge in [0.25, 0.3) is 0 Å². The Labute approximate surface area is 104 Å². The predicted molar refractivity (Wildman–Crippen MR) is 68.7 cm³/mol. The minimum Gasteiger partial charge on any atom is -0.340 e. The van der Waals surface area contributed by atoms with Gasteiger partial charge in [-0.25, -0.2) is 0 Å². The predicted octanol–water partition coefficient (Wildman–Crippen LogP) is 0.811. The third-order valence-electron chi connectivity index (χ3n) is 3.95. The number of hydrogen-bond donors (Lipinski definition) is 1. The van der Waals surface area contributed by atoms with Crippen molar-refractivity contribution in [2.75, 3.05) is 26.2 Å². The van der Waals surface area contributed by atoms with E-state index in [2.05, 4.69) is 11.8 Å². The van der Waals surface area contributed by atoms with Crippen molar-refractivity contribution in [1.29, 1.82) is 0 Å². The first-order valence-electron chi connectivity index (χ1n) is 7.00. The summed E-state index contributed by atoms with van der Waals surface area (Å²) in [6, 6.07) is 0.330. The Hall–Kier alpha value is -0.610. The zero-order valence-electron chi connectivity index (χ0n) is 10.9. The van der Waals surface area contributed by atoms with Crippen LogP contribution in [0.2, 0.25) is 0 Å². The van der Waals surface area contributed by atoms with Crippen molar-refractivity contribution >= 4 is 5.91 Å². The van der Waals surface area contributed by atoms with Crippen LogP contribution in [-0.2, 0) is 4.79 Å². The van der Waals surface area contributed by atoms with Gasteiger partial charge in [-0.3, -0.25) is 9.69 Å². The Kier molecular flexibility index (Phi) is 4.40. The molecule has 0 spiro atoms. The van der Waals surface area contributed by atoms with Crippen LogP contribution in [-0.4, -0.2) is 54.0 Å². The minimum absolute atomic E-state index is 0.133. The molecule has 0 aromatic heterocycles. The molecule has 0 unspecified atom stereocenters. The van der Waals surface area contributed by atoms with Crippen LogP contribution in [0, 0.1) is 0 Å². The molecule has 2 saturated heterocycles. The normalized spacial score (nSPS) is 30.8. The maximum Gasteiger partial charge on any atom is 0.239 e. The third kappa shape index (κ3) is 2.99. The minimum atomic E-state index is 0.133. The van der Waals surface area contributed by atoms with Gasteiger partial charge in [0, 0.05) is 19.1 Å². The summed E-state index contributed by atoms with van der Waals surface area (Å²) in [7, 11) is 0. The second-order valence-electron chi connectivity index (χ2n) is 5.38. The second kappa shape index (κ2) is 5.83. The van der Waals surface area contributed by atoms with E-state index in [1.807, 2.05) is 4.90 Å². The summed E-state index contributed by atoms with van der Waals surface area (Å²) in [5, 5.41) is 0. The monoisotopic (exact) mass is 239 g/mol. The molecule has 98 valence electrons. The van der Waals surface area contributed by atoms with Crippen molar-refractivity contribution in [3.8, 4) is 0 Å². The van der Waals surface area contributed by atoms with Crippen LogP contribution in [0.15, 0.2) is 0 Å². The largest absolute Gasteiger partial charge is 0.340 e. The van der Waals surface area contributed by atoms with Gasteiger partial charge in [-0.2, -0.15) is 0 Å². The lowest BCUT2D eigenvalue weighted by atomic mass is 10.0. The van der Waals surface area contributed by atoms with E-state index in [-0.39, 0.29) is 12.1 Å². The highest BCUT2D eigenvalue weighted by molar-refractivity contribution is 5.82. The lowest BCUT2D eigenvalue weighted by Gasteiger charge is -2.36. The first-order valence-corrected chi connectivity index (χ1v) is 7.00. The molecule has 2 heterocycles. The molecule has 2 aliphatic rings. The van der Waals surface area contributed by atoms with E-state index in [9.17, 15) is 4.79 Å². The van der Waals surface area contributed by atoms with Gasteiger partial charge in [-0.05, 0) is 38.8 Å². The van der Waals surface area contributed by atoms with E-state index in [1.54, 1.807) is 0 Å². The highest BCUT2D eigenvalue weighted by Crippen LogP contribution is 2.21. The molecule has 2 fully saturated rings. The first-order chi connectivity index (χ1) is 8.22. The average molecular weight is 239 g/mol. The molecule has 2 atom stereocenters. The third-order valence-corrected chi connectivity index (χ3v) is 3.95. The molecule has 0 radical (unpaired) electrons. The average Bonchev–Trinajstić information content (AvgIpc) is 2.76. The first kappa shape index (κ1) is 12.8. The highest BCUT2D eigenvalue weighted by atomic mass is 16.2. The molecule has 0 aromatic carbocycles. The fraction of sp³-hybridized carbons (Fsp3) is 0.923. The Morgan fingerprint density at radius 1 is 1.29 bits per heavy atom. The van der Waals surface area contributed by atoms with Crippen LogP contribution in [0.25, 0.3) is 0 Å². The lowest BCUT2D eigenvalue weighted by molar-refractivity contribution is -0.137. The molecule has 2 aliphatic heterocycles. The van der Waals surface area contributed by atoms with Crippen LogP contribution in [0.4, 0.5) is 0 Å². The molecule has 17 heavy (non-hydrogen) atoms. The number of piperidine rings is 1. The van der Waals surface area contributed by atoms with E-state index in [4.69, 9.17) is 5.73 Å². The van der Waals surface area contributed by atoms with Crippen LogP contribution in [0.3, 0.4) is 0 Å². The van der Waals surface area contributed by atoms with Crippen LogP contribution in [0.5, 0.6) is 0 Å². The number of amides is 1. The van der Waals surface area contributed by atoms with Crippen molar-refractivity contribution in [2.45, 2.75) is 51.1 Å². The molecule has 1 amide bonds. The second-order valence-corrected chi connectivity index (χ2v) is 5.38. The van der Waals surface area contributed by atoms with Gasteiger partial charge in [-0.1, -0.05) is 13.3 Å². The van der Waals surface area contributed by atoms with E-state index >= 15 is 0 Å².